The number of fused-ring (bicyclic) bond motifs is 1. The molecule has 1 aromatic carbocycles. The molecular formula is C23H22N6O2S. The Morgan fingerprint density at radius 1 is 1.16 bits per heavy atom. The van der Waals surface area contributed by atoms with E-state index in [1.54, 1.807) is 11.3 Å². The first kappa shape index (κ1) is 20.4. The van der Waals surface area contributed by atoms with Crippen LogP contribution in [0.3, 0.4) is 0 Å². The van der Waals surface area contributed by atoms with Gasteiger partial charge in [-0.15, -0.1) is 10.2 Å². The summed E-state index contributed by atoms with van der Waals surface area (Å²) in [4.78, 5) is 17.6. The maximum Gasteiger partial charge on any atom is 0.256 e. The number of furan rings is 1. The minimum absolute atomic E-state index is 0.118. The quantitative estimate of drug-likeness (QED) is 0.429. The van der Waals surface area contributed by atoms with Crippen LogP contribution in [0.4, 0.5) is 0 Å². The van der Waals surface area contributed by atoms with Crippen LogP contribution in [0.1, 0.15) is 40.7 Å². The maximum atomic E-state index is 13.2. The van der Waals surface area contributed by atoms with Crippen LogP contribution in [0.2, 0.25) is 0 Å². The highest BCUT2D eigenvalue weighted by Gasteiger charge is 2.35. The molecule has 9 heteroatoms. The number of nitrogens with zero attached hydrogens (tertiary/aromatic N) is 6. The lowest BCUT2D eigenvalue weighted by Crippen LogP contribution is -2.28. The van der Waals surface area contributed by atoms with E-state index in [0.29, 0.717) is 17.4 Å². The average Bonchev–Trinajstić information content (AvgIpc) is 3.51. The zero-order valence-electron chi connectivity index (χ0n) is 18.0. The Balaban J connectivity index is 1.39. The monoisotopic (exact) mass is 446 g/mol. The Kier molecular flexibility index (Phi) is 5.26. The number of rotatable bonds is 5. The third kappa shape index (κ3) is 3.80. The largest absolute Gasteiger partial charge is 0.467 e. The van der Waals surface area contributed by atoms with Gasteiger partial charge in [-0.05, 0) is 44.5 Å². The number of carbonyl (C=O) groups excluding carboxylic acids is 1. The number of benzene rings is 1. The molecule has 8 nitrogen and oxygen atoms in total. The lowest BCUT2D eigenvalue weighted by Gasteiger charge is -2.19. The average molecular weight is 447 g/mol. The number of amides is 1. The minimum atomic E-state index is -0.268. The molecule has 1 aliphatic rings. The first-order valence-electron chi connectivity index (χ1n) is 10.3. The summed E-state index contributed by atoms with van der Waals surface area (Å²) in [5.41, 5.74) is 4.91. The highest BCUT2D eigenvalue weighted by Crippen LogP contribution is 2.34. The molecule has 1 unspecified atom stereocenters. The van der Waals surface area contributed by atoms with Gasteiger partial charge >= 0.3 is 0 Å². The van der Waals surface area contributed by atoms with E-state index < -0.39 is 0 Å². The number of aryl methyl sites for hydroxylation is 3. The first-order chi connectivity index (χ1) is 15.5. The molecular weight excluding hydrogens is 424 g/mol. The molecule has 0 aliphatic carbocycles. The van der Waals surface area contributed by atoms with Gasteiger partial charge in [0.15, 0.2) is 5.16 Å². The summed E-state index contributed by atoms with van der Waals surface area (Å²) in [7, 11) is 0. The van der Waals surface area contributed by atoms with Gasteiger partial charge in [-0.3, -0.25) is 9.20 Å². The third-order valence-electron chi connectivity index (χ3n) is 5.41. The standard InChI is InChI=1S/C23H22N6O2S/c1-14-6-8-17(9-7-14)18-12-19(20-5-4-10-31-20)29(27-18)21(30)13-32-23-26-25-22-24-15(2)11-16(3)28(22)23/h4-11,19H,12-13H2,1-3H3. The molecule has 0 bridgehead atoms. The number of hydrogen-bond donors (Lipinski definition) is 0. The fraction of sp³-hybridized carbons (Fsp3) is 0.261. The molecule has 4 heterocycles. The van der Waals surface area contributed by atoms with Gasteiger partial charge in [0.25, 0.3) is 11.7 Å². The summed E-state index contributed by atoms with van der Waals surface area (Å²) in [5, 5.41) is 15.2. The van der Waals surface area contributed by atoms with Gasteiger partial charge in [0, 0.05) is 17.8 Å². The van der Waals surface area contributed by atoms with Crippen LogP contribution in [0.25, 0.3) is 5.78 Å². The molecule has 162 valence electrons. The van der Waals surface area contributed by atoms with Gasteiger partial charge < -0.3 is 4.42 Å². The fourth-order valence-electron chi connectivity index (χ4n) is 3.85. The van der Waals surface area contributed by atoms with Crippen LogP contribution in [0.15, 0.2) is 63.4 Å². The van der Waals surface area contributed by atoms with E-state index >= 15 is 0 Å². The summed E-state index contributed by atoms with van der Waals surface area (Å²) >= 11 is 1.33. The van der Waals surface area contributed by atoms with Crippen molar-refractivity contribution in [3.8, 4) is 0 Å². The van der Waals surface area contributed by atoms with Crippen molar-refractivity contribution >= 4 is 29.2 Å². The Hall–Kier alpha value is -3.46. The van der Waals surface area contributed by atoms with Crippen molar-refractivity contribution in [3.63, 3.8) is 0 Å². The van der Waals surface area contributed by atoms with Gasteiger partial charge in [0.05, 0.1) is 17.7 Å². The SMILES string of the molecule is Cc1ccc(C2=NN(C(=O)CSc3nnc4nc(C)cc(C)n34)C(c3ccco3)C2)cc1. The highest BCUT2D eigenvalue weighted by atomic mass is 32.2. The summed E-state index contributed by atoms with van der Waals surface area (Å²) in [6.07, 6.45) is 2.22. The van der Waals surface area contributed by atoms with E-state index in [9.17, 15) is 4.79 Å². The summed E-state index contributed by atoms with van der Waals surface area (Å²) in [5.74, 6) is 1.31. The molecule has 4 aromatic rings. The molecule has 1 amide bonds. The molecule has 0 fully saturated rings. The van der Waals surface area contributed by atoms with Crippen LogP contribution < -0.4 is 0 Å². The normalized spacial score (nSPS) is 16.0. The Morgan fingerprint density at radius 2 is 1.97 bits per heavy atom. The summed E-state index contributed by atoms with van der Waals surface area (Å²) < 4.78 is 7.49. The van der Waals surface area contributed by atoms with Gasteiger partial charge in [-0.25, -0.2) is 9.99 Å². The van der Waals surface area contributed by atoms with E-state index in [0.717, 1.165) is 28.4 Å². The van der Waals surface area contributed by atoms with Crippen molar-refractivity contribution < 1.29 is 9.21 Å². The van der Waals surface area contributed by atoms with Crippen molar-refractivity contribution in [2.45, 2.75) is 38.4 Å². The zero-order chi connectivity index (χ0) is 22.2. The fourth-order valence-corrected chi connectivity index (χ4v) is 4.69. The van der Waals surface area contributed by atoms with Crippen LogP contribution in [-0.2, 0) is 4.79 Å². The summed E-state index contributed by atoms with van der Waals surface area (Å²) in [6.45, 7) is 5.94. The second-order valence-electron chi connectivity index (χ2n) is 7.83. The lowest BCUT2D eigenvalue weighted by atomic mass is 10.0. The minimum Gasteiger partial charge on any atom is -0.467 e. The Morgan fingerprint density at radius 3 is 2.72 bits per heavy atom. The van der Waals surface area contributed by atoms with Gasteiger partial charge in [0.1, 0.15) is 11.8 Å². The number of thioether (sulfide) groups is 1. The zero-order valence-corrected chi connectivity index (χ0v) is 18.8. The van der Waals surface area contributed by atoms with Crippen LogP contribution in [-0.4, -0.2) is 42.0 Å². The van der Waals surface area contributed by atoms with E-state index in [4.69, 9.17) is 4.42 Å². The van der Waals surface area contributed by atoms with Crippen molar-refractivity contribution in [3.05, 3.63) is 77.0 Å². The second-order valence-corrected chi connectivity index (χ2v) is 8.77. The van der Waals surface area contributed by atoms with Crippen LogP contribution >= 0.6 is 11.8 Å². The number of hydrogen-bond acceptors (Lipinski definition) is 7. The molecule has 1 aliphatic heterocycles. The van der Waals surface area contributed by atoms with Gasteiger partial charge in [0.2, 0.25) is 0 Å². The third-order valence-corrected chi connectivity index (χ3v) is 6.32. The molecule has 0 radical (unpaired) electrons. The number of hydrazone groups is 1. The molecule has 0 N–H and O–H groups in total. The van der Waals surface area contributed by atoms with Crippen LogP contribution in [0.5, 0.6) is 0 Å². The molecule has 1 atom stereocenters. The van der Waals surface area contributed by atoms with Crippen molar-refractivity contribution in [1.29, 1.82) is 0 Å². The van der Waals surface area contributed by atoms with Crippen molar-refractivity contribution in [1.82, 2.24) is 24.6 Å². The smallest absolute Gasteiger partial charge is 0.256 e. The molecule has 0 spiro atoms. The van der Waals surface area contributed by atoms with E-state index in [2.05, 4.69) is 32.4 Å². The molecule has 0 saturated carbocycles. The second kappa shape index (κ2) is 8.23. The first-order valence-corrected chi connectivity index (χ1v) is 11.3. The predicted octanol–water partition coefficient (Wildman–Crippen LogP) is 4.11. The van der Waals surface area contributed by atoms with E-state index in [1.807, 2.05) is 55.5 Å². The van der Waals surface area contributed by atoms with E-state index in [1.165, 1.54) is 17.3 Å². The van der Waals surface area contributed by atoms with Crippen molar-refractivity contribution in [2.75, 3.05) is 5.75 Å². The van der Waals surface area contributed by atoms with Gasteiger partial charge in [-0.1, -0.05) is 41.6 Å². The molecule has 3 aromatic heterocycles. The Labute approximate surface area is 189 Å². The molecule has 5 rings (SSSR count). The lowest BCUT2D eigenvalue weighted by molar-refractivity contribution is -0.130. The maximum absolute atomic E-state index is 13.2. The number of carbonyl (C=O) groups is 1. The van der Waals surface area contributed by atoms with Crippen molar-refractivity contribution in [2.24, 2.45) is 5.10 Å². The van der Waals surface area contributed by atoms with Crippen LogP contribution in [0, 0.1) is 20.8 Å². The molecule has 0 saturated heterocycles. The highest BCUT2D eigenvalue weighted by molar-refractivity contribution is 7.99. The number of aromatic nitrogens is 4. The molecule has 32 heavy (non-hydrogen) atoms. The predicted molar refractivity (Wildman–Crippen MR) is 122 cm³/mol. The Bertz CT molecular complexity index is 1310. The van der Waals surface area contributed by atoms with E-state index in [-0.39, 0.29) is 17.7 Å². The summed E-state index contributed by atoms with van der Waals surface area (Å²) in [6, 6.07) is 13.6. The van der Waals surface area contributed by atoms with Gasteiger partial charge in [-0.2, -0.15) is 5.10 Å². The topological polar surface area (TPSA) is 88.9 Å².